The summed E-state index contributed by atoms with van der Waals surface area (Å²) in [4.78, 5) is 46.7. The van der Waals surface area contributed by atoms with Gasteiger partial charge in [-0.2, -0.15) is 0 Å². The summed E-state index contributed by atoms with van der Waals surface area (Å²) in [6.07, 6.45) is 1.44. The number of hydrogen-bond donors (Lipinski definition) is 2. The molecular formula is C18H8Br4O8. The maximum atomic E-state index is 12.0. The van der Waals surface area contributed by atoms with Crippen molar-refractivity contribution < 1.29 is 38.9 Å². The minimum Gasteiger partial charge on any atom is -0.478 e. The van der Waals surface area contributed by atoms with Gasteiger partial charge in [-0.05, 0) is 56.1 Å². The van der Waals surface area contributed by atoms with Crippen molar-refractivity contribution in [2.75, 3.05) is 0 Å². The first-order valence-corrected chi connectivity index (χ1v) is 10.7. The third kappa shape index (κ3) is 6.24. The Labute approximate surface area is 202 Å². The molecule has 0 unspecified atom stereocenters. The first kappa shape index (κ1) is 24.3. The number of carboxylic acid groups (broad SMARTS) is 2. The highest BCUT2D eigenvalue weighted by molar-refractivity contribution is 9.11. The lowest BCUT2D eigenvalue weighted by atomic mass is 10.2. The smallest absolute Gasteiger partial charge is 0.339 e. The highest BCUT2D eigenvalue weighted by atomic mass is 79.9. The topological polar surface area (TPSA) is 127 Å². The Hall–Kier alpha value is -2.02. The molecule has 8 nitrogen and oxygen atoms in total. The maximum Gasteiger partial charge on any atom is 0.339 e. The fourth-order valence-corrected chi connectivity index (χ4v) is 4.66. The van der Waals surface area contributed by atoms with Gasteiger partial charge in [0.15, 0.2) is 11.5 Å². The molecule has 0 heterocycles. The van der Waals surface area contributed by atoms with Gasteiger partial charge in [-0.1, -0.05) is 31.9 Å². The number of aromatic carboxylic acids is 2. The summed E-state index contributed by atoms with van der Waals surface area (Å²) in [5, 5.41) is 18.5. The van der Waals surface area contributed by atoms with Gasteiger partial charge in [-0.15, -0.1) is 0 Å². The number of carboxylic acids is 2. The van der Waals surface area contributed by atoms with Gasteiger partial charge in [-0.3, -0.25) is 0 Å². The van der Waals surface area contributed by atoms with Crippen molar-refractivity contribution in [1.82, 2.24) is 0 Å². The molecule has 12 heteroatoms. The number of halogens is 4. The Bertz CT molecular complexity index is 1010. The number of rotatable bonds is 6. The van der Waals surface area contributed by atoms with Crippen molar-refractivity contribution in [2.45, 2.75) is 0 Å². The largest absolute Gasteiger partial charge is 0.478 e. The predicted octanol–water partition coefficient (Wildman–Crippen LogP) is 5.20. The first-order valence-electron chi connectivity index (χ1n) is 7.56. The van der Waals surface area contributed by atoms with E-state index in [9.17, 15) is 29.4 Å². The fraction of sp³-hybridized carbons (Fsp3) is 0. The minimum atomic E-state index is -1.33. The Balaban J connectivity index is 2.19. The summed E-state index contributed by atoms with van der Waals surface area (Å²) in [5.41, 5.74) is -0.573. The average molecular weight is 672 g/mol. The molecule has 0 fully saturated rings. The van der Waals surface area contributed by atoms with Crippen LogP contribution in [0.2, 0.25) is 0 Å². The zero-order valence-corrected chi connectivity index (χ0v) is 20.7. The Morgan fingerprint density at radius 1 is 0.667 bits per heavy atom. The zero-order valence-electron chi connectivity index (χ0n) is 14.3. The fourth-order valence-electron chi connectivity index (χ4n) is 2.05. The molecule has 0 saturated heterocycles. The number of ether oxygens (including phenoxy) is 2. The lowest BCUT2D eigenvalue weighted by Gasteiger charge is -2.09. The van der Waals surface area contributed by atoms with Crippen LogP contribution in [0, 0.1) is 0 Å². The number of esters is 2. The second-order valence-corrected chi connectivity index (χ2v) is 8.85. The summed E-state index contributed by atoms with van der Waals surface area (Å²) in [7, 11) is 0. The molecule has 0 aliphatic carbocycles. The highest BCUT2D eigenvalue weighted by Gasteiger charge is 2.20. The SMILES string of the molecule is O=C(/C=C/C(=O)Oc1c(Br)cc(Br)cc1C(=O)O)Oc1c(Br)cc(Br)cc1C(=O)O. The molecule has 0 bridgehead atoms. The van der Waals surface area contributed by atoms with E-state index in [0.29, 0.717) is 8.95 Å². The highest BCUT2D eigenvalue weighted by Crippen LogP contribution is 2.34. The van der Waals surface area contributed by atoms with Gasteiger partial charge in [0.05, 0.1) is 8.95 Å². The molecule has 0 radical (unpaired) electrons. The standard InChI is InChI=1S/C18H8Br4O8/c19-7-3-9(17(25)26)15(11(21)5-7)29-13(23)1-2-14(24)30-16-10(18(27)28)4-8(20)6-12(16)22/h1-6H,(H,25,26)(H,27,28)/b2-1+. The molecule has 0 amide bonds. The van der Waals surface area contributed by atoms with Crippen LogP contribution in [0.15, 0.2) is 54.3 Å². The molecule has 0 atom stereocenters. The molecule has 0 aromatic heterocycles. The summed E-state index contributed by atoms with van der Waals surface area (Å²) in [6, 6.07) is 5.44. The average Bonchev–Trinajstić information content (AvgIpc) is 2.63. The molecule has 156 valence electrons. The van der Waals surface area contributed by atoms with E-state index in [0.717, 1.165) is 12.2 Å². The molecule has 0 saturated carbocycles. The second kappa shape index (κ2) is 10.3. The van der Waals surface area contributed by atoms with Crippen LogP contribution in [0.4, 0.5) is 0 Å². The summed E-state index contributed by atoms with van der Waals surface area (Å²) < 4.78 is 11.3. The molecule has 0 aliphatic rings. The Morgan fingerprint density at radius 2 is 1.00 bits per heavy atom. The van der Waals surface area contributed by atoms with Crippen LogP contribution >= 0.6 is 63.7 Å². The van der Waals surface area contributed by atoms with E-state index in [-0.39, 0.29) is 31.6 Å². The van der Waals surface area contributed by atoms with Gasteiger partial charge in [-0.25, -0.2) is 19.2 Å². The van der Waals surface area contributed by atoms with E-state index in [1.165, 1.54) is 24.3 Å². The lowest BCUT2D eigenvalue weighted by Crippen LogP contribution is -2.12. The van der Waals surface area contributed by atoms with Crippen LogP contribution in [-0.4, -0.2) is 34.1 Å². The lowest BCUT2D eigenvalue weighted by molar-refractivity contribution is -0.131. The van der Waals surface area contributed by atoms with Gasteiger partial charge in [0.25, 0.3) is 0 Å². The van der Waals surface area contributed by atoms with Gasteiger partial charge < -0.3 is 19.7 Å². The first-order chi connectivity index (χ1) is 14.0. The molecule has 2 rings (SSSR count). The molecule has 2 aromatic rings. The molecular weight excluding hydrogens is 664 g/mol. The van der Waals surface area contributed by atoms with Crippen molar-refractivity contribution >= 4 is 87.6 Å². The van der Waals surface area contributed by atoms with Crippen LogP contribution < -0.4 is 9.47 Å². The minimum absolute atomic E-state index is 0.198. The number of hydrogen-bond acceptors (Lipinski definition) is 6. The molecule has 0 spiro atoms. The molecule has 2 aromatic carbocycles. The normalized spacial score (nSPS) is 10.7. The number of carbonyl (C=O) groups is 4. The van der Waals surface area contributed by atoms with Crippen LogP contribution in [0.5, 0.6) is 11.5 Å². The summed E-state index contributed by atoms with van der Waals surface area (Å²) in [6.45, 7) is 0. The van der Waals surface area contributed by atoms with E-state index < -0.39 is 23.9 Å². The Morgan fingerprint density at radius 3 is 1.30 bits per heavy atom. The molecule has 2 N–H and O–H groups in total. The quantitative estimate of drug-likeness (QED) is 0.244. The zero-order chi connectivity index (χ0) is 22.6. The van der Waals surface area contributed by atoms with E-state index in [2.05, 4.69) is 63.7 Å². The van der Waals surface area contributed by atoms with E-state index in [1.807, 2.05) is 0 Å². The Kier molecular flexibility index (Phi) is 8.35. The monoisotopic (exact) mass is 668 g/mol. The molecule has 30 heavy (non-hydrogen) atoms. The van der Waals surface area contributed by atoms with Gasteiger partial charge in [0, 0.05) is 21.1 Å². The van der Waals surface area contributed by atoms with Crippen molar-refractivity contribution in [3.63, 3.8) is 0 Å². The van der Waals surface area contributed by atoms with E-state index >= 15 is 0 Å². The van der Waals surface area contributed by atoms with Crippen LogP contribution in [0.3, 0.4) is 0 Å². The molecule has 0 aliphatic heterocycles. The van der Waals surface area contributed by atoms with Crippen molar-refractivity contribution in [2.24, 2.45) is 0 Å². The number of carbonyl (C=O) groups excluding carboxylic acids is 2. The van der Waals surface area contributed by atoms with Crippen LogP contribution in [0.25, 0.3) is 0 Å². The van der Waals surface area contributed by atoms with Crippen molar-refractivity contribution in [3.05, 3.63) is 65.4 Å². The van der Waals surface area contributed by atoms with Crippen LogP contribution in [-0.2, 0) is 9.59 Å². The summed E-state index contributed by atoms with van der Waals surface area (Å²) >= 11 is 12.5. The van der Waals surface area contributed by atoms with Crippen molar-refractivity contribution in [1.29, 1.82) is 0 Å². The third-order valence-electron chi connectivity index (χ3n) is 3.24. The van der Waals surface area contributed by atoms with Gasteiger partial charge >= 0.3 is 23.9 Å². The summed E-state index contributed by atoms with van der Waals surface area (Å²) in [5.74, 6) is -5.26. The van der Waals surface area contributed by atoms with E-state index in [1.54, 1.807) is 0 Å². The van der Waals surface area contributed by atoms with Gasteiger partial charge in [0.1, 0.15) is 11.1 Å². The maximum absolute atomic E-state index is 12.0. The van der Waals surface area contributed by atoms with Crippen molar-refractivity contribution in [3.8, 4) is 11.5 Å². The second-order valence-electron chi connectivity index (χ2n) is 5.31. The third-order valence-corrected chi connectivity index (χ3v) is 5.33. The predicted molar refractivity (Wildman–Crippen MR) is 118 cm³/mol. The van der Waals surface area contributed by atoms with E-state index in [4.69, 9.17) is 9.47 Å². The van der Waals surface area contributed by atoms with Crippen LogP contribution in [0.1, 0.15) is 20.7 Å². The number of benzene rings is 2. The van der Waals surface area contributed by atoms with Gasteiger partial charge in [0.2, 0.25) is 0 Å².